The van der Waals surface area contributed by atoms with E-state index in [0.717, 1.165) is 38.1 Å². The Morgan fingerprint density at radius 3 is 2.10 bits per heavy atom. The first kappa shape index (κ1) is 23.1. The monoisotopic (exact) mass is 434 g/mol. The van der Waals surface area contributed by atoms with Crippen LogP contribution in [0.1, 0.15) is 47.2 Å². The van der Waals surface area contributed by atoms with E-state index in [-0.39, 0.29) is 12.5 Å². The number of nitrogens with zero attached hydrogens (tertiary/aromatic N) is 2. The van der Waals surface area contributed by atoms with Crippen LogP contribution in [-0.4, -0.2) is 48.9 Å². The normalized spacial score (nSPS) is 16.7. The molecule has 1 amide bonds. The first-order chi connectivity index (χ1) is 14.8. The number of benzene rings is 2. The van der Waals surface area contributed by atoms with Gasteiger partial charge in [0.1, 0.15) is 12.4 Å². The van der Waals surface area contributed by atoms with Crippen LogP contribution in [0.5, 0.6) is 5.75 Å². The SMILES string of the molecule is CN1CCCC1.O=C(c1ccc(OCc2cccc(C(F)(F)F)c2)cc1)N1CCCC1. The van der Waals surface area contributed by atoms with Crippen molar-refractivity contribution in [3.63, 3.8) is 0 Å². The van der Waals surface area contributed by atoms with Crippen molar-refractivity contribution in [2.24, 2.45) is 0 Å². The molecule has 2 heterocycles. The fourth-order valence-electron chi connectivity index (χ4n) is 3.68. The van der Waals surface area contributed by atoms with Crippen LogP contribution in [0, 0.1) is 0 Å². The Morgan fingerprint density at radius 1 is 0.935 bits per heavy atom. The van der Waals surface area contributed by atoms with Crippen molar-refractivity contribution in [2.45, 2.75) is 38.5 Å². The van der Waals surface area contributed by atoms with Gasteiger partial charge in [0.25, 0.3) is 5.91 Å². The molecule has 0 radical (unpaired) electrons. The van der Waals surface area contributed by atoms with Crippen molar-refractivity contribution in [3.05, 3.63) is 65.2 Å². The second-order valence-corrected chi connectivity index (χ2v) is 8.02. The number of rotatable bonds is 4. The molecule has 0 bridgehead atoms. The Hall–Kier alpha value is -2.54. The molecule has 0 N–H and O–H groups in total. The number of carbonyl (C=O) groups is 1. The van der Waals surface area contributed by atoms with Gasteiger partial charge in [-0.25, -0.2) is 0 Å². The molecule has 0 aliphatic carbocycles. The van der Waals surface area contributed by atoms with E-state index in [1.807, 2.05) is 4.90 Å². The molecule has 2 saturated heterocycles. The summed E-state index contributed by atoms with van der Waals surface area (Å²) in [5.74, 6) is 0.511. The Morgan fingerprint density at radius 2 is 1.55 bits per heavy atom. The zero-order chi connectivity index (χ0) is 22.3. The molecule has 0 aromatic heterocycles. The molecule has 2 aromatic carbocycles. The lowest BCUT2D eigenvalue weighted by atomic mass is 10.1. The summed E-state index contributed by atoms with van der Waals surface area (Å²) in [7, 11) is 2.17. The largest absolute Gasteiger partial charge is 0.489 e. The number of hydrogen-bond donors (Lipinski definition) is 0. The Balaban J connectivity index is 0.000000391. The Kier molecular flexibility index (Phi) is 7.96. The van der Waals surface area contributed by atoms with Crippen molar-refractivity contribution in [2.75, 3.05) is 33.2 Å². The van der Waals surface area contributed by atoms with Gasteiger partial charge in [-0.3, -0.25) is 4.79 Å². The molecule has 0 spiro atoms. The standard InChI is InChI=1S/C19H18F3NO2.C5H11N/c20-19(21,22)16-5-3-4-14(12-16)13-25-17-8-6-15(7-9-17)18(24)23-10-1-2-11-23;1-6-4-2-3-5-6/h3-9,12H,1-2,10-11,13H2;2-5H2,1H3. The summed E-state index contributed by atoms with van der Waals surface area (Å²) >= 11 is 0. The average Bonchev–Trinajstić information content (AvgIpc) is 3.46. The lowest BCUT2D eigenvalue weighted by molar-refractivity contribution is -0.137. The summed E-state index contributed by atoms with van der Waals surface area (Å²) < 4.78 is 43.6. The van der Waals surface area contributed by atoms with E-state index in [2.05, 4.69) is 11.9 Å². The third-order valence-electron chi connectivity index (χ3n) is 5.48. The van der Waals surface area contributed by atoms with Crippen molar-refractivity contribution in [1.82, 2.24) is 9.80 Å². The Labute approximate surface area is 181 Å². The molecule has 0 saturated carbocycles. The maximum atomic E-state index is 12.7. The molecule has 31 heavy (non-hydrogen) atoms. The molecule has 0 unspecified atom stereocenters. The summed E-state index contributed by atoms with van der Waals surface area (Å²) in [5, 5.41) is 0. The maximum absolute atomic E-state index is 12.7. The fraction of sp³-hybridized carbons (Fsp3) is 0.458. The molecule has 168 valence electrons. The minimum Gasteiger partial charge on any atom is -0.489 e. The van der Waals surface area contributed by atoms with Crippen LogP contribution >= 0.6 is 0 Å². The van der Waals surface area contributed by atoms with E-state index < -0.39 is 11.7 Å². The first-order valence-electron chi connectivity index (χ1n) is 10.7. The lowest BCUT2D eigenvalue weighted by Gasteiger charge is -2.15. The van der Waals surface area contributed by atoms with Gasteiger partial charge in [0.05, 0.1) is 5.56 Å². The lowest BCUT2D eigenvalue weighted by Crippen LogP contribution is -2.27. The van der Waals surface area contributed by atoms with Crippen LogP contribution in [0.2, 0.25) is 0 Å². The Bertz CT molecular complexity index is 841. The van der Waals surface area contributed by atoms with Gasteiger partial charge in [-0.2, -0.15) is 13.2 Å². The van der Waals surface area contributed by atoms with Crippen LogP contribution in [0.25, 0.3) is 0 Å². The van der Waals surface area contributed by atoms with Gasteiger partial charge >= 0.3 is 6.18 Å². The zero-order valence-electron chi connectivity index (χ0n) is 17.8. The molecule has 0 atom stereocenters. The van der Waals surface area contributed by atoms with E-state index in [0.29, 0.717) is 16.9 Å². The molecule has 2 aromatic rings. The van der Waals surface area contributed by atoms with Gasteiger partial charge in [0.2, 0.25) is 0 Å². The molecule has 4 nitrogen and oxygen atoms in total. The van der Waals surface area contributed by atoms with Crippen molar-refractivity contribution in [1.29, 1.82) is 0 Å². The molecule has 2 fully saturated rings. The van der Waals surface area contributed by atoms with Crippen LogP contribution in [-0.2, 0) is 12.8 Å². The first-order valence-corrected chi connectivity index (χ1v) is 10.7. The third kappa shape index (κ3) is 6.99. The van der Waals surface area contributed by atoms with Crippen LogP contribution in [0.4, 0.5) is 13.2 Å². The van der Waals surface area contributed by atoms with Gasteiger partial charge in [-0.15, -0.1) is 0 Å². The fourth-order valence-corrected chi connectivity index (χ4v) is 3.68. The molecule has 7 heteroatoms. The van der Waals surface area contributed by atoms with Gasteiger partial charge in [0, 0.05) is 18.7 Å². The minimum absolute atomic E-state index is 0.00179. The second kappa shape index (κ2) is 10.7. The number of amides is 1. The number of likely N-dealkylation sites (tertiary alicyclic amines) is 2. The maximum Gasteiger partial charge on any atom is 0.416 e. The van der Waals surface area contributed by atoms with E-state index in [1.54, 1.807) is 30.3 Å². The van der Waals surface area contributed by atoms with Crippen LogP contribution < -0.4 is 4.74 Å². The number of alkyl halides is 3. The highest BCUT2D eigenvalue weighted by atomic mass is 19.4. The van der Waals surface area contributed by atoms with Crippen molar-refractivity contribution in [3.8, 4) is 5.75 Å². The summed E-state index contributed by atoms with van der Waals surface area (Å²) in [6.07, 6.45) is 0.522. The van der Waals surface area contributed by atoms with E-state index >= 15 is 0 Å². The molecule has 4 rings (SSSR count). The smallest absolute Gasteiger partial charge is 0.416 e. The van der Waals surface area contributed by atoms with Crippen LogP contribution in [0.15, 0.2) is 48.5 Å². The van der Waals surface area contributed by atoms with Gasteiger partial charge in [-0.05, 0) is 87.8 Å². The highest BCUT2D eigenvalue weighted by Gasteiger charge is 2.30. The molecule has 2 aliphatic heterocycles. The second-order valence-electron chi connectivity index (χ2n) is 8.02. The molecular weight excluding hydrogens is 405 g/mol. The highest BCUT2D eigenvalue weighted by Crippen LogP contribution is 2.29. The van der Waals surface area contributed by atoms with E-state index in [9.17, 15) is 18.0 Å². The minimum atomic E-state index is -4.37. The number of ether oxygens (including phenoxy) is 1. The third-order valence-corrected chi connectivity index (χ3v) is 5.48. The zero-order valence-corrected chi connectivity index (χ0v) is 17.8. The number of halogens is 3. The topological polar surface area (TPSA) is 32.8 Å². The van der Waals surface area contributed by atoms with Gasteiger partial charge < -0.3 is 14.5 Å². The molecule has 2 aliphatic rings. The summed E-state index contributed by atoms with van der Waals surface area (Å²) in [4.78, 5) is 16.4. The van der Waals surface area contributed by atoms with E-state index in [4.69, 9.17) is 4.74 Å². The van der Waals surface area contributed by atoms with Gasteiger partial charge in [0.15, 0.2) is 0 Å². The molecular formula is C24H29F3N2O2. The van der Waals surface area contributed by atoms with Crippen molar-refractivity contribution >= 4 is 5.91 Å². The van der Waals surface area contributed by atoms with Crippen LogP contribution in [0.3, 0.4) is 0 Å². The quantitative estimate of drug-likeness (QED) is 0.660. The average molecular weight is 435 g/mol. The van der Waals surface area contributed by atoms with Crippen molar-refractivity contribution < 1.29 is 22.7 Å². The number of hydrogen-bond acceptors (Lipinski definition) is 3. The highest BCUT2D eigenvalue weighted by molar-refractivity contribution is 5.94. The summed E-state index contributed by atoms with van der Waals surface area (Å²) in [6, 6.07) is 11.7. The summed E-state index contributed by atoms with van der Waals surface area (Å²) in [5.41, 5.74) is 0.334. The predicted octanol–water partition coefficient (Wildman–Crippen LogP) is 5.23. The van der Waals surface area contributed by atoms with E-state index in [1.165, 1.54) is 32.0 Å². The predicted molar refractivity (Wildman–Crippen MR) is 114 cm³/mol. The number of carbonyl (C=O) groups excluding carboxylic acids is 1. The summed E-state index contributed by atoms with van der Waals surface area (Å²) in [6.45, 7) is 4.24. The van der Waals surface area contributed by atoms with Gasteiger partial charge in [-0.1, -0.05) is 12.1 Å².